The number of aliphatic hydroxyl groups is 1. The van der Waals surface area contributed by atoms with Gasteiger partial charge in [-0.25, -0.2) is 9.59 Å². The molecule has 2 aliphatic rings. The van der Waals surface area contributed by atoms with Crippen LogP contribution in [0, 0.1) is 5.92 Å². The molecule has 7 nitrogen and oxygen atoms in total. The Labute approximate surface area is 104 Å². The van der Waals surface area contributed by atoms with Crippen molar-refractivity contribution in [3.63, 3.8) is 0 Å². The van der Waals surface area contributed by atoms with Gasteiger partial charge in [0.05, 0.1) is 32.4 Å². The highest BCUT2D eigenvalue weighted by atomic mass is 16.5. The maximum absolute atomic E-state index is 11.3. The second kappa shape index (κ2) is 5.11. The maximum atomic E-state index is 11.3. The number of carbonyl (C=O) groups is 2. The third kappa shape index (κ3) is 2.28. The number of carboxylic acid groups (broad SMARTS) is 1. The molecule has 2 fully saturated rings. The SMILES string of the molecule is COC(=O)C(O)C1CC2COCC(C1)N2C(=O)O. The van der Waals surface area contributed by atoms with Crippen LogP contribution in [0.15, 0.2) is 0 Å². The Morgan fingerprint density at radius 1 is 1.33 bits per heavy atom. The van der Waals surface area contributed by atoms with Gasteiger partial charge in [0, 0.05) is 0 Å². The van der Waals surface area contributed by atoms with Crippen molar-refractivity contribution in [2.24, 2.45) is 5.92 Å². The summed E-state index contributed by atoms with van der Waals surface area (Å²) in [5.41, 5.74) is 0. The molecule has 0 aliphatic carbocycles. The normalized spacial score (nSPS) is 32.8. The largest absolute Gasteiger partial charge is 0.467 e. The number of fused-ring (bicyclic) bond motifs is 2. The second-order valence-corrected chi connectivity index (χ2v) is 4.73. The molecule has 2 rings (SSSR count). The molecule has 0 aromatic rings. The number of rotatable bonds is 2. The lowest BCUT2D eigenvalue weighted by Gasteiger charge is -2.47. The molecule has 3 unspecified atom stereocenters. The number of hydrogen-bond acceptors (Lipinski definition) is 5. The van der Waals surface area contributed by atoms with Gasteiger partial charge in [-0.15, -0.1) is 0 Å². The van der Waals surface area contributed by atoms with Crippen molar-refractivity contribution in [1.82, 2.24) is 4.90 Å². The van der Waals surface area contributed by atoms with E-state index in [1.807, 2.05) is 0 Å². The van der Waals surface area contributed by atoms with E-state index in [-0.39, 0.29) is 18.0 Å². The zero-order valence-corrected chi connectivity index (χ0v) is 10.1. The fourth-order valence-corrected chi connectivity index (χ4v) is 2.84. The minimum atomic E-state index is -1.19. The Bertz CT molecular complexity index is 332. The van der Waals surface area contributed by atoms with E-state index in [1.54, 1.807) is 0 Å². The molecule has 2 bridgehead atoms. The van der Waals surface area contributed by atoms with E-state index in [2.05, 4.69) is 4.74 Å². The first-order valence-electron chi connectivity index (χ1n) is 5.89. The van der Waals surface area contributed by atoms with Crippen molar-refractivity contribution in [1.29, 1.82) is 0 Å². The van der Waals surface area contributed by atoms with E-state index in [9.17, 15) is 14.7 Å². The lowest BCUT2D eigenvalue weighted by atomic mass is 9.82. The molecule has 1 amide bonds. The van der Waals surface area contributed by atoms with Gasteiger partial charge >= 0.3 is 12.1 Å². The van der Waals surface area contributed by atoms with Crippen molar-refractivity contribution < 1.29 is 29.3 Å². The van der Waals surface area contributed by atoms with Crippen LogP contribution in [0.1, 0.15) is 12.8 Å². The van der Waals surface area contributed by atoms with E-state index >= 15 is 0 Å². The first kappa shape index (κ1) is 13.1. The summed E-state index contributed by atoms with van der Waals surface area (Å²) in [6.07, 6.45) is -1.33. The lowest BCUT2D eigenvalue weighted by molar-refractivity contribution is -0.158. The van der Waals surface area contributed by atoms with Crippen LogP contribution >= 0.6 is 0 Å². The van der Waals surface area contributed by atoms with E-state index in [1.165, 1.54) is 12.0 Å². The predicted molar refractivity (Wildman–Crippen MR) is 59.0 cm³/mol. The van der Waals surface area contributed by atoms with Gasteiger partial charge < -0.3 is 19.7 Å². The van der Waals surface area contributed by atoms with Gasteiger partial charge in [0.2, 0.25) is 0 Å². The average Bonchev–Trinajstić information content (AvgIpc) is 2.35. The molecule has 2 N–H and O–H groups in total. The molecule has 102 valence electrons. The maximum Gasteiger partial charge on any atom is 0.407 e. The van der Waals surface area contributed by atoms with Crippen molar-refractivity contribution >= 4 is 12.1 Å². The van der Waals surface area contributed by atoms with E-state index in [4.69, 9.17) is 9.84 Å². The predicted octanol–water partition coefficient (Wildman–Crippen LogP) is -0.322. The molecule has 2 saturated heterocycles. The molecule has 0 saturated carbocycles. The van der Waals surface area contributed by atoms with Crippen LogP contribution in [0.4, 0.5) is 4.79 Å². The minimum Gasteiger partial charge on any atom is -0.467 e. The van der Waals surface area contributed by atoms with Gasteiger partial charge in [0.1, 0.15) is 0 Å². The number of nitrogens with zero attached hydrogens (tertiary/aromatic N) is 1. The third-order valence-corrected chi connectivity index (χ3v) is 3.67. The van der Waals surface area contributed by atoms with Crippen LogP contribution in [0.2, 0.25) is 0 Å². The smallest absolute Gasteiger partial charge is 0.407 e. The summed E-state index contributed by atoms with van der Waals surface area (Å²) in [7, 11) is 1.22. The number of methoxy groups -OCH3 is 1. The van der Waals surface area contributed by atoms with Crippen LogP contribution in [0.25, 0.3) is 0 Å². The Morgan fingerprint density at radius 3 is 2.33 bits per heavy atom. The molecule has 2 heterocycles. The number of carbonyl (C=O) groups excluding carboxylic acids is 1. The van der Waals surface area contributed by atoms with Crippen molar-refractivity contribution in [2.45, 2.75) is 31.0 Å². The van der Waals surface area contributed by atoms with Crippen molar-refractivity contribution in [3.05, 3.63) is 0 Å². The van der Waals surface area contributed by atoms with Gasteiger partial charge in [-0.2, -0.15) is 0 Å². The summed E-state index contributed by atoms with van der Waals surface area (Å²) in [5, 5.41) is 19.0. The van der Waals surface area contributed by atoms with E-state index < -0.39 is 18.2 Å². The summed E-state index contributed by atoms with van der Waals surface area (Å²) in [6.45, 7) is 0.625. The summed E-state index contributed by atoms with van der Waals surface area (Å²) in [4.78, 5) is 23.8. The molecule has 3 atom stereocenters. The van der Waals surface area contributed by atoms with Crippen LogP contribution < -0.4 is 0 Å². The standard InChI is InChI=1S/C11H17NO6/c1-17-10(14)9(13)6-2-7-4-18-5-8(3-6)12(7)11(15)16/h6-9,13H,2-5H2,1H3,(H,15,16). The van der Waals surface area contributed by atoms with Gasteiger partial charge in [0.15, 0.2) is 6.10 Å². The van der Waals surface area contributed by atoms with E-state index in [0.29, 0.717) is 26.1 Å². The highest BCUT2D eigenvalue weighted by Gasteiger charge is 2.45. The minimum absolute atomic E-state index is 0.271. The van der Waals surface area contributed by atoms with Crippen LogP contribution in [0.5, 0.6) is 0 Å². The Hall–Kier alpha value is -1.34. The first-order valence-corrected chi connectivity index (χ1v) is 5.89. The average molecular weight is 259 g/mol. The van der Waals surface area contributed by atoms with Gasteiger partial charge in [0.25, 0.3) is 0 Å². The highest BCUT2D eigenvalue weighted by Crippen LogP contribution is 2.33. The van der Waals surface area contributed by atoms with Crippen LogP contribution in [-0.2, 0) is 14.3 Å². The number of piperidine rings is 1. The van der Waals surface area contributed by atoms with Crippen molar-refractivity contribution in [3.8, 4) is 0 Å². The number of esters is 1. The number of morpholine rings is 1. The van der Waals surface area contributed by atoms with Crippen molar-refractivity contribution in [2.75, 3.05) is 20.3 Å². The Morgan fingerprint density at radius 2 is 1.89 bits per heavy atom. The van der Waals surface area contributed by atoms with E-state index in [0.717, 1.165) is 0 Å². The highest BCUT2D eigenvalue weighted by molar-refractivity contribution is 5.74. The number of ether oxygens (including phenoxy) is 2. The van der Waals surface area contributed by atoms with Gasteiger partial charge in [-0.3, -0.25) is 4.90 Å². The molecular formula is C11H17NO6. The molecule has 0 radical (unpaired) electrons. The first-order chi connectivity index (χ1) is 8.54. The summed E-state index contributed by atoms with van der Waals surface area (Å²) < 4.78 is 9.84. The second-order valence-electron chi connectivity index (χ2n) is 4.73. The van der Waals surface area contributed by atoms with Gasteiger partial charge in [-0.05, 0) is 18.8 Å². The number of hydrogen-bond donors (Lipinski definition) is 2. The monoisotopic (exact) mass is 259 g/mol. The lowest BCUT2D eigenvalue weighted by Crippen LogP contribution is -2.60. The quantitative estimate of drug-likeness (QED) is 0.660. The Kier molecular flexibility index (Phi) is 3.72. The molecule has 0 spiro atoms. The topological polar surface area (TPSA) is 96.3 Å². The molecule has 0 aromatic carbocycles. The summed E-state index contributed by atoms with van der Waals surface area (Å²) in [6, 6.07) is -0.585. The van der Waals surface area contributed by atoms with Crippen LogP contribution in [-0.4, -0.2) is 65.7 Å². The third-order valence-electron chi connectivity index (χ3n) is 3.67. The molecule has 7 heteroatoms. The zero-order valence-electron chi connectivity index (χ0n) is 10.1. The van der Waals surface area contributed by atoms with Crippen LogP contribution in [0.3, 0.4) is 0 Å². The molecule has 18 heavy (non-hydrogen) atoms. The molecule has 2 aliphatic heterocycles. The van der Waals surface area contributed by atoms with Gasteiger partial charge in [-0.1, -0.05) is 0 Å². The summed E-state index contributed by atoms with van der Waals surface area (Å²) >= 11 is 0. The Balaban J connectivity index is 2.08. The number of amides is 1. The fourth-order valence-electron chi connectivity index (χ4n) is 2.84. The summed E-state index contributed by atoms with van der Waals surface area (Å²) in [5.74, 6) is -0.935. The molecular weight excluding hydrogens is 242 g/mol. The molecule has 0 aromatic heterocycles. The fraction of sp³-hybridized carbons (Fsp3) is 0.818. The zero-order chi connectivity index (χ0) is 13.3. The number of aliphatic hydroxyl groups excluding tert-OH is 1.